The van der Waals surface area contributed by atoms with Crippen LogP contribution in [0.25, 0.3) is 0 Å². The molecular formula is C22H14F8N4O5. The van der Waals surface area contributed by atoms with E-state index < -0.39 is 89.4 Å². The summed E-state index contributed by atoms with van der Waals surface area (Å²) in [6, 6.07) is 3.88. The summed E-state index contributed by atoms with van der Waals surface area (Å²) >= 11 is 0. The van der Waals surface area contributed by atoms with Gasteiger partial charge in [-0.2, -0.15) is 36.3 Å². The molecule has 17 heteroatoms. The summed E-state index contributed by atoms with van der Waals surface area (Å²) in [7, 11) is 0. The molecule has 39 heavy (non-hydrogen) atoms. The minimum Gasteiger partial charge on any atom is -0.618 e. The Labute approximate surface area is 212 Å². The number of hydrogen-bond acceptors (Lipinski definition) is 7. The quantitative estimate of drug-likeness (QED) is 0.249. The predicted octanol–water partition coefficient (Wildman–Crippen LogP) is 3.94. The summed E-state index contributed by atoms with van der Waals surface area (Å²) in [6.07, 6.45) is -12.9. The van der Waals surface area contributed by atoms with E-state index in [-0.39, 0.29) is 10.8 Å². The predicted molar refractivity (Wildman–Crippen MR) is 112 cm³/mol. The second-order valence-corrected chi connectivity index (χ2v) is 7.60. The van der Waals surface area contributed by atoms with Gasteiger partial charge in [0.1, 0.15) is 24.5 Å². The lowest BCUT2D eigenvalue weighted by molar-refractivity contribution is -0.615. The molecule has 0 amide bonds. The van der Waals surface area contributed by atoms with Crippen LogP contribution in [-0.4, -0.2) is 27.9 Å². The SMILES string of the molecule is N#Cc1cc(Oc2c(C(F)(F)F)ncn(Cc3cc(C(F)(F)F)c(OCCO)c[n+]3[O-])c2=O)cc(C(F)F)c1. The molecule has 0 spiro atoms. The van der Waals surface area contributed by atoms with Gasteiger partial charge in [-0.05, 0) is 18.2 Å². The number of nitriles is 1. The van der Waals surface area contributed by atoms with E-state index in [4.69, 9.17) is 19.8 Å². The highest BCUT2D eigenvalue weighted by Crippen LogP contribution is 2.37. The molecule has 0 aliphatic carbocycles. The van der Waals surface area contributed by atoms with E-state index >= 15 is 0 Å². The Morgan fingerprint density at radius 3 is 2.38 bits per heavy atom. The second kappa shape index (κ2) is 11.1. The number of halogens is 8. The molecule has 0 fully saturated rings. The van der Waals surface area contributed by atoms with Crippen molar-refractivity contribution in [2.75, 3.05) is 13.2 Å². The minimum atomic E-state index is -5.31. The van der Waals surface area contributed by atoms with Crippen LogP contribution in [-0.2, 0) is 18.9 Å². The number of hydrogen-bond donors (Lipinski definition) is 1. The molecule has 3 rings (SSSR count). The van der Waals surface area contributed by atoms with Crippen molar-refractivity contribution in [3.8, 4) is 23.3 Å². The van der Waals surface area contributed by atoms with Gasteiger partial charge in [-0.3, -0.25) is 9.36 Å². The maximum absolute atomic E-state index is 13.6. The van der Waals surface area contributed by atoms with Crippen LogP contribution in [0.4, 0.5) is 35.1 Å². The highest BCUT2D eigenvalue weighted by Gasteiger charge is 2.40. The summed E-state index contributed by atoms with van der Waals surface area (Å²) in [5, 5.41) is 30.1. The van der Waals surface area contributed by atoms with Crippen LogP contribution in [0.15, 0.2) is 41.6 Å². The second-order valence-electron chi connectivity index (χ2n) is 7.60. The number of pyridine rings is 1. The third-order valence-electron chi connectivity index (χ3n) is 4.88. The van der Waals surface area contributed by atoms with Gasteiger partial charge in [-0.1, -0.05) is 0 Å². The van der Waals surface area contributed by atoms with Crippen molar-refractivity contribution < 1.29 is 54.4 Å². The molecule has 1 aromatic carbocycles. The molecule has 0 bridgehead atoms. The van der Waals surface area contributed by atoms with E-state index in [0.717, 1.165) is 12.1 Å². The maximum atomic E-state index is 13.6. The van der Waals surface area contributed by atoms with Crippen molar-refractivity contribution in [2.24, 2.45) is 0 Å². The van der Waals surface area contributed by atoms with Gasteiger partial charge in [0.2, 0.25) is 17.6 Å². The molecule has 0 radical (unpaired) electrons. The third kappa shape index (κ3) is 6.71. The Bertz CT molecular complexity index is 1470. The van der Waals surface area contributed by atoms with Gasteiger partial charge in [0, 0.05) is 11.6 Å². The van der Waals surface area contributed by atoms with Gasteiger partial charge in [0.05, 0.1) is 24.6 Å². The van der Waals surface area contributed by atoms with Gasteiger partial charge in [0.15, 0.2) is 11.4 Å². The van der Waals surface area contributed by atoms with E-state index in [1.54, 1.807) is 0 Å². The van der Waals surface area contributed by atoms with Gasteiger partial charge in [0.25, 0.3) is 12.0 Å². The molecule has 2 heterocycles. The number of benzene rings is 1. The molecule has 3 aromatic rings. The van der Waals surface area contributed by atoms with Crippen LogP contribution >= 0.6 is 0 Å². The number of alkyl halides is 8. The standard InChI is InChI=1S/C22H14F8N4O5/c23-19(24)12-3-11(7-31)4-14(5-12)39-17-18(22(28,29)30)32-10-33(20(17)36)8-13-6-15(21(25,26)27)16(9-34(13)37)38-2-1-35/h3-6,9-10,19,35H,1-2,8H2. The van der Waals surface area contributed by atoms with E-state index in [9.17, 15) is 45.1 Å². The van der Waals surface area contributed by atoms with Crippen molar-refractivity contribution in [2.45, 2.75) is 25.3 Å². The molecule has 2 aromatic heterocycles. The number of rotatable bonds is 8. The molecule has 1 N–H and O–H groups in total. The van der Waals surface area contributed by atoms with Crippen LogP contribution in [0.5, 0.6) is 17.2 Å². The Kier molecular flexibility index (Phi) is 8.29. The van der Waals surface area contributed by atoms with Gasteiger partial charge < -0.3 is 19.8 Å². The van der Waals surface area contributed by atoms with E-state index in [0.29, 0.717) is 23.2 Å². The number of aliphatic hydroxyl groups is 1. The lowest BCUT2D eigenvalue weighted by atomic mass is 10.1. The highest BCUT2D eigenvalue weighted by atomic mass is 19.4. The van der Waals surface area contributed by atoms with Crippen LogP contribution in [0.2, 0.25) is 0 Å². The molecular weight excluding hydrogens is 552 g/mol. The summed E-state index contributed by atoms with van der Waals surface area (Å²) < 4.78 is 117. The molecule has 0 saturated carbocycles. The van der Waals surface area contributed by atoms with E-state index in [2.05, 4.69) is 4.98 Å². The fourth-order valence-electron chi connectivity index (χ4n) is 3.21. The van der Waals surface area contributed by atoms with Gasteiger partial charge in [-0.25, -0.2) is 13.8 Å². The summed E-state index contributed by atoms with van der Waals surface area (Å²) in [6.45, 7) is -2.30. The Hall–Kier alpha value is -4.46. The maximum Gasteiger partial charge on any atom is 0.437 e. The van der Waals surface area contributed by atoms with Crippen LogP contribution in [0.3, 0.4) is 0 Å². The van der Waals surface area contributed by atoms with E-state index in [1.807, 2.05) is 0 Å². The smallest absolute Gasteiger partial charge is 0.437 e. The Balaban J connectivity index is 2.13. The normalized spacial score (nSPS) is 11.9. The first-order valence-electron chi connectivity index (χ1n) is 10.4. The molecule has 0 atom stereocenters. The van der Waals surface area contributed by atoms with Crippen molar-refractivity contribution in [3.63, 3.8) is 0 Å². The molecule has 208 valence electrons. The zero-order valence-corrected chi connectivity index (χ0v) is 19.1. The summed E-state index contributed by atoms with van der Waals surface area (Å²) in [4.78, 5) is 16.0. The average molecular weight is 566 g/mol. The zero-order valence-electron chi connectivity index (χ0n) is 19.1. The van der Waals surface area contributed by atoms with Crippen LogP contribution < -0.4 is 19.8 Å². The number of ether oxygens (including phenoxy) is 2. The average Bonchev–Trinajstić information content (AvgIpc) is 2.84. The summed E-state index contributed by atoms with van der Waals surface area (Å²) in [5.41, 5.74) is -7.03. The van der Waals surface area contributed by atoms with Crippen LogP contribution in [0, 0.1) is 16.5 Å². The fourth-order valence-corrected chi connectivity index (χ4v) is 3.21. The lowest BCUT2D eigenvalue weighted by Gasteiger charge is -2.17. The molecule has 0 aliphatic heterocycles. The van der Waals surface area contributed by atoms with Crippen molar-refractivity contribution in [1.82, 2.24) is 9.55 Å². The zero-order chi connectivity index (χ0) is 29.1. The van der Waals surface area contributed by atoms with Crippen molar-refractivity contribution >= 4 is 0 Å². The first kappa shape index (κ1) is 29.1. The lowest BCUT2D eigenvalue weighted by Crippen LogP contribution is -2.36. The topological polar surface area (TPSA) is 124 Å². The number of aromatic nitrogens is 3. The first-order valence-corrected chi connectivity index (χ1v) is 10.4. The Morgan fingerprint density at radius 2 is 1.82 bits per heavy atom. The minimum absolute atomic E-state index is 0.141. The highest BCUT2D eigenvalue weighted by molar-refractivity contribution is 5.44. The molecule has 9 nitrogen and oxygen atoms in total. The molecule has 0 saturated heterocycles. The first-order chi connectivity index (χ1) is 18.1. The number of nitrogens with zero attached hydrogens (tertiary/aromatic N) is 4. The van der Waals surface area contributed by atoms with Crippen LogP contribution in [0.1, 0.15) is 34.5 Å². The summed E-state index contributed by atoms with van der Waals surface area (Å²) in [5.74, 6) is -3.25. The van der Waals surface area contributed by atoms with Gasteiger partial charge >= 0.3 is 12.4 Å². The number of aliphatic hydroxyl groups excluding tert-OH is 1. The van der Waals surface area contributed by atoms with Gasteiger partial charge in [-0.15, -0.1) is 0 Å². The largest absolute Gasteiger partial charge is 0.618 e. The van der Waals surface area contributed by atoms with E-state index in [1.165, 1.54) is 6.07 Å². The Morgan fingerprint density at radius 1 is 1.13 bits per heavy atom. The monoisotopic (exact) mass is 566 g/mol. The third-order valence-corrected chi connectivity index (χ3v) is 4.88. The molecule has 0 aliphatic rings. The fraction of sp³-hybridized carbons (Fsp3) is 0.273. The van der Waals surface area contributed by atoms with Crippen molar-refractivity contribution in [3.05, 3.63) is 80.4 Å². The van der Waals surface area contributed by atoms with Crippen molar-refractivity contribution in [1.29, 1.82) is 5.26 Å². The molecule has 0 unspecified atom stereocenters.